The number of hydrogen-bond acceptors (Lipinski definition) is 7. The van der Waals surface area contributed by atoms with Gasteiger partial charge < -0.3 is 10.1 Å². The van der Waals surface area contributed by atoms with Gasteiger partial charge in [-0.25, -0.2) is 13.4 Å². The second-order valence-electron chi connectivity index (χ2n) is 6.97. The highest BCUT2D eigenvalue weighted by Crippen LogP contribution is 2.34. The average Bonchev–Trinajstić information content (AvgIpc) is 3.48. The number of halogens is 1. The summed E-state index contributed by atoms with van der Waals surface area (Å²) in [5, 5.41) is 3.25. The molecule has 0 spiro atoms. The fourth-order valence-electron chi connectivity index (χ4n) is 3.50. The highest BCUT2D eigenvalue weighted by molar-refractivity contribution is 7.91. The van der Waals surface area contributed by atoms with E-state index in [9.17, 15) is 13.2 Å². The molecule has 164 valence electrons. The zero-order valence-electron chi connectivity index (χ0n) is 16.8. The van der Waals surface area contributed by atoms with Crippen LogP contribution in [0.1, 0.15) is 17.7 Å². The summed E-state index contributed by atoms with van der Waals surface area (Å²) in [5.74, 6) is 0.374. The number of nitrogens with one attached hydrogen (secondary N) is 1. The SMILES string of the molecule is COc1ccc(-c2nc(NC(=O)[C@H]3CCCN3S(=O)(=O)c3ccc(Cl)s3)sc2C)cc1. The molecular weight excluding hydrogens is 478 g/mol. The summed E-state index contributed by atoms with van der Waals surface area (Å²) in [4.78, 5) is 18.5. The molecule has 1 amide bonds. The number of anilines is 1. The molecule has 2 aromatic heterocycles. The number of nitrogens with zero attached hydrogens (tertiary/aromatic N) is 2. The number of carbonyl (C=O) groups excluding carboxylic acids is 1. The van der Waals surface area contributed by atoms with Crippen molar-refractivity contribution in [2.45, 2.75) is 30.0 Å². The number of aromatic nitrogens is 1. The molecule has 0 unspecified atom stereocenters. The van der Waals surface area contributed by atoms with E-state index in [2.05, 4.69) is 10.3 Å². The first-order valence-electron chi connectivity index (χ1n) is 9.49. The third kappa shape index (κ3) is 4.49. The van der Waals surface area contributed by atoms with E-state index in [0.717, 1.165) is 33.2 Å². The van der Waals surface area contributed by atoms with Crippen LogP contribution in [-0.2, 0) is 14.8 Å². The maximum atomic E-state index is 13.0. The van der Waals surface area contributed by atoms with Crippen LogP contribution in [0.5, 0.6) is 5.75 Å². The van der Waals surface area contributed by atoms with E-state index in [-0.39, 0.29) is 10.1 Å². The van der Waals surface area contributed by atoms with Crippen LogP contribution >= 0.6 is 34.3 Å². The monoisotopic (exact) mass is 497 g/mol. The second kappa shape index (κ2) is 8.87. The standard InChI is InChI=1S/C20H20ClN3O4S3/c1-12-18(13-5-7-14(28-2)8-6-13)22-20(29-12)23-19(25)15-4-3-11-24(15)31(26,27)17-10-9-16(21)30-17/h5-10,15H,3-4,11H2,1-2H3,(H,22,23,25)/t15-/m1/s1. The van der Waals surface area contributed by atoms with Crippen LogP contribution < -0.4 is 10.1 Å². The predicted octanol–water partition coefficient (Wildman–Crippen LogP) is 4.63. The molecule has 11 heteroatoms. The molecule has 7 nitrogen and oxygen atoms in total. The lowest BCUT2D eigenvalue weighted by molar-refractivity contribution is -0.119. The molecule has 0 radical (unpaired) electrons. The lowest BCUT2D eigenvalue weighted by atomic mass is 10.1. The number of thiophene rings is 1. The zero-order valence-corrected chi connectivity index (χ0v) is 20.0. The first kappa shape index (κ1) is 22.2. The normalized spacial score (nSPS) is 17.1. The van der Waals surface area contributed by atoms with Crippen molar-refractivity contribution in [3.8, 4) is 17.0 Å². The van der Waals surface area contributed by atoms with Gasteiger partial charge in [0.05, 0.1) is 17.1 Å². The molecule has 1 N–H and O–H groups in total. The molecule has 31 heavy (non-hydrogen) atoms. The summed E-state index contributed by atoms with van der Waals surface area (Å²) < 4.78 is 32.9. The van der Waals surface area contributed by atoms with E-state index in [1.165, 1.54) is 21.7 Å². The van der Waals surface area contributed by atoms with E-state index in [1.54, 1.807) is 13.2 Å². The van der Waals surface area contributed by atoms with E-state index in [0.29, 0.717) is 28.9 Å². The van der Waals surface area contributed by atoms with Gasteiger partial charge in [0.25, 0.3) is 10.0 Å². The second-order valence-corrected chi connectivity index (χ2v) is 12.0. The number of ether oxygens (including phenoxy) is 1. The lowest BCUT2D eigenvalue weighted by Crippen LogP contribution is -2.42. The van der Waals surface area contributed by atoms with Gasteiger partial charge in [-0.15, -0.1) is 22.7 Å². The van der Waals surface area contributed by atoms with Gasteiger partial charge in [-0.05, 0) is 56.2 Å². The molecule has 1 aliphatic rings. The number of benzene rings is 1. The molecule has 1 atom stereocenters. The van der Waals surface area contributed by atoms with Gasteiger partial charge in [-0.2, -0.15) is 4.31 Å². The van der Waals surface area contributed by atoms with Gasteiger partial charge in [-0.1, -0.05) is 11.6 Å². The van der Waals surface area contributed by atoms with Gasteiger partial charge in [0.2, 0.25) is 5.91 Å². The van der Waals surface area contributed by atoms with Crippen molar-refractivity contribution in [3.63, 3.8) is 0 Å². The fourth-order valence-corrected chi connectivity index (χ4v) is 7.60. The van der Waals surface area contributed by atoms with Crippen molar-refractivity contribution in [1.29, 1.82) is 0 Å². The maximum absolute atomic E-state index is 13.0. The van der Waals surface area contributed by atoms with Gasteiger partial charge in [-0.3, -0.25) is 4.79 Å². The Bertz CT molecular complexity index is 1200. The highest BCUT2D eigenvalue weighted by atomic mass is 35.5. The molecule has 0 bridgehead atoms. The van der Waals surface area contributed by atoms with Crippen LogP contribution in [0.25, 0.3) is 11.3 Å². The van der Waals surface area contributed by atoms with Crippen molar-refractivity contribution >= 4 is 55.3 Å². The molecule has 0 saturated carbocycles. The van der Waals surface area contributed by atoms with Crippen LogP contribution in [0.4, 0.5) is 5.13 Å². The van der Waals surface area contributed by atoms with Crippen LogP contribution in [0.15, 0.2) is 40.6 Å². The van der Waals surface area contributed by atoms with Crippen LogP contribution in [0.2, 0.25) is 4.34 Å². The number of rotatable bonds is 6. The van der Waals surface area contributed by atoms with Crippen molar-refractivity contribution in [1.82, 2.24) is 9.29 Å². The Balaban J connectivity index is 1.52. The lowest BCUT2D eigenvalue weighted by Gasteiger charge is -2.22. The van der Waals surface area contributed by atoms with Crippen molar-refractivity contribution in [2.75, 3.05) is 19.0 Å². The quantitative estimate of drug-likeness (QED) is 0.536. The Kier molecular flexibility index (Phi) is 6.36. The Morgan fingerprint density at radius 3 is 2.61 bits per heavy atom. The minimum atomic E-state index is -3.78. The Labute approximate surface area is 193 Å². The van der Waals surface area contributed by atoms with Gasteiger partial charge in [0, 0.05) is 17.0 Å². The largest absolute Gasteiger partial charge is 0.497 e. The number of sulfonamides is 1. The van der Waals surface area contributed by atoms with E-state index < -0.39 is 16.1 Å². The first-order chi connectivity index (χ1) is 14.8. The number of amides is 1. The summed E-state index contributed by atoms with van der Waals surface area (Å²) in [5.41, 5.74) is 1.68. The number of hydrogen-bond donors (Lipinski definition) is 1. The summed E-state index contributed by atoms with van der Waals surface area (Å²) >= 11 is 8.25. The minimum Gasteiger partial charge on any atom is -0.497 e. The molecule has 3 aromatic rings. The molecule has 3 heterocycles. The van der Waals surface area contributed by atoms with Crippen LogP contribution in [0.3, 0.4) is 0 Å². The molecule has 1 aromatic carbocycles. The summed E-state index contributed by atoms with van der Waals surface area (Å²) in [6, 6.07) is 9.76. The molecule has 0 aliphatic carbocycles. The summed E-state index contributed by atoms with van der Waals surface area (Å²) in [7, 11) is -2.17. The highest BCUT2D eigenvalue weighted by Gasteiger charge is 2.40. The number of methoxy groups -OCH3 is 1. The zero-order chi connectivity index (χ0) is 22.2. The first-order valence-corrected chi connectivity index (χ1v) is 12.9. The van der Waals surface area contributed by atoms with Crippen molar-refractivity contribution in [2.24, 2.45) is 0 Å². The average molecular weight is 498 g/mol. The number of aryl methyl sites for hydroxylation is 1. The number of thiazole rings is 1. The topological polar surface area (TPSA) is 88.6 Å². The van der Waals surface area contributed by atoms with E-state index in [4.69, 9.17) is 16.3 Å². The summed E-state index contributed by atoms with van der Waals surface area (Å²) in [6.07, 6.45) is 1.07. The van der Waals surface area contributed by atoms with Gasteiger partial charge >= 0.3 is 0 Å². The third-order valence-electron chi connectivity index (χ3n) is 5.01. The van der Waals surface area contributed by atoms with Crippen LogP contribution in [-0.4, -0.2) is 43.3 Å². The maximum Gasteiger partial charge on any atom is 0.253 e. The predicted molar refractivity (Wildman–Crippen MR) is 124 cm³/mol. The minimum absolute atomic E-state index is 0.143. The molecule has 1 fully saturated rings. The molecule has 1 saturated heterocycles. The van der Waals surface area contributed by atoms with Crippen molar-refractivity contribution < 1.29 is 17.9 Å². The number of carbonyl (C=O) groups is 1. The molecular formula is C20H20ClN3O4S3. The van der Waals surface area contributed by atoms with Gasteiger partial charge in [0.15, 0.2) is 5.13 Å². The smallest absolute Gasteiger partial charge is 0.253 e. The Morgan fingerprint density at radius 2 is 1.97 bits per heavy atom. The van der Waals surface area contributed by atoms with E-state index >= 15 is 0 Å². The van der Waals surface area contributed by atoms with Crippen molar-refractivity contribution in [3.05, 3.63) is 45.6 Å². The Hall–Kier alpha value is -1.98. The third-order valence-corrected chi connectivity index (χ3v) is 9.50. The molecule has 1 aliphatic heterocycles. The fraction of sp³-hybridized carbons (Fsp3) is 0.300. The van der Waals surface area contributed by atoms with E-state index in [1.807, 2.05) is 31.2 Å². The summed E-state index contributed by atoms with van der Waals surface area (Å²) in [6.45, 7) is 2.23. The van der Waals surface area contributed by atoms with Gasteiger partial charge in [0.1, 0.15) is 16.0 Å². The Morgan fingerprint density at radius 1 is 1.23 bits per heavy atom. The van der Waals surface area contributed by atoms with Crippen LogP contribution in [0, 0.1) is 6.92 Å². The molecule has 4 rings (SSSR count).